The second kappa shape index (κ2) is 4.10. The molecule has 2 atom stereocenters. The van der Waals surface area contributed by atoms with Crippen molar-refractivity contribution in [3.8, 4) is 0 Å². The van der Waals surface area contributed by atoms with Gasteiger partial charge in [0.15, 0.2) is 9.84 Å². The maximum atomic E-state index is 11.4. The molecule has 0 aromatic carbocycles. The molecule has 0 heterocycles. The van der Waals surface area contributed by atoms with Crippen molar-refractivity contribution in [3.05, 3.63) is 6.92 Å². The highest BCUT2D eigenvalue weighted by Crippen LogP contribution is 2.13. The predicted molar refractivity (Wildman–Crippen MR) is 48.1 cm³/mol. The molecule has 1 radical (unpaired) electrons. The molecule has 0 aliphatic carbocycles. The largest absolute Gasteiger partial charge is 0.228 e. The summed E-state index contributed by atoms with van der Waals surface area (Å²) < 4.78 is 22.9. The first-order valence-electron chi connectivity index (χ1n) is 4.02. The lowest BCUT2D eigenvalue weighted by Crippen LogP contribution is -2.27. The third-order valence-electron chi connectivity index (χ3n) is 2.06. The summed E-state index contributed by atoms with van der Waals surface area (Å²) in [6, 6.07) is 0. The molecule has 3 heteroatoms. The SMILES string of the molecule is [CH2]C(CC)S(=O)(=O)C(C)CC. The van der Waals surface area contributed by atoms with E-state index < -0.39 is 15.1 Å². The van der Waals surface area contributed by atoms with Crippen LogP contribution in [-0.4, -0.2) is 18.9 Å². The van der Waals surface area contributed by atoms with Gasteiger partial charge in [-0.05, 0) is 26.7 Å². The fraction of sp³-hybridized carbons (Fsp3) is 0.875. The van der Waals surface area contributed by atoms with E-state index in [9.17, 15) is 8.42 Å². The van der Waals surface area contributed by atoms with E-state index in [4.69, 9.17) is 0 Å². The molecule has 0 aliphatic rings. The Kier molecular flexibility index (Phi) is 4.08. The lowest BCUT2D eigenvalue weighted by molar-refractivity contribution is 0.571. The molecule has 0 amide bonds. The molecule has 0 bridgehead atoms. The fourth-order valence-electron chi connectivity index (χ4n) is 0.793. The van der Waals surface area contributed by atoms with Gasteiger partial charge < -0.3 is 0 Å². The second-order valence-electron chi connectivity index (χ2n) is 2.84. The highest BCUT2D eigenvalue weighted by Gasteiger charge is 2.24. The molecule has 0 saturated heterocycles. The minimum atomic E-state index is -2.95. The summed E-state index contributed by atoms with van der Waals surface area (Å²) in [6.07, 6.45) is 1.28. The molecular weight excluding hydrogens is 160 g/mol. The lowest BCUT2D eigenvalue weighted by atomic mass is 10.4. The summed E-state index contributed by atoms with van der Waals surface area (Å²) in [7, 11) is -2.95. The molecule has 0 N–H and O–H groups in total. The van der Waals surface area contributed by atoms with Crippen molar-refractivity contribution in [2.24, 2.45) is 0 Å². The highest BCUT2D eigenvalue weighted by atomic mass is 32.2. The topological polar surface area (TPSA) is 34.1 Å². The number of hydrogen-bond acceptors (Lipinski definition) is 2. The monoisotopic (exact) mass is 177 g/mol. The summed E-state index contributed by atoms with van der Waals surface area (Å²) in [5.74, 6) is 0. The van der Waals surface area contributed by atoms with Crippen LogP contribution >= 0.6 is 0 Å². The van der Waals surface area contributed by atoms with E-state index in [0.717, 1.165) is 0 Å². The summed E-state index contributed by atoms with van der Waals surface area (Å²) in [6.45, 7) is 9.07. The van der Waals surface area contributed by atoms with Gasteiger partial charge in [-0.2, -0.15) is 0 Å². The minimum Gasteiger partial charge on any atom is -0.228 e. The highest BCUT2D eigenvalue weighted by molar-refractivity contribution is 7.92. The van der Waals surface area contributed by atoms with Crippen LogP contribution in [0.3, 0.4) is 0 Å². The maximum absolute atomic E-state index is 11.4. The van der Waals surface area contributed by atoms with E-state index in [-0.39, 0.29) is 5.25 Å². The van der Waals surface area contributed by atoms with Crippen molar-refractivity contribution in [1.29, 1.82) is 0 Å². The van der Waals surface area contributed by atoms with Gasteiger partial charge in [0.2, 0.25) is 0 Å². The number of hydrogen-bond donors (Lipinski definition) is 0. The zero-order chi connectivity index (χ0) is 9.07. The Morgan fingerprint density at radius 3 is 2.00 bits per heavy atom. The van der Waals surface area contributed by atoms with Crippen LogP contribution < -0.4 is 0 Å². The number of sulfone groups is 1. The van der Waals surface area contributed by atoms with Crippen molar-refractivity contribution in [3.63, 3.8) is 0 Å². The third kappa shape index (κ3) is 2.47. The third-order valence-corrected chi connectivity index (χ3v) is 4.77. The molecule has 0 aliphatic heterocycles. The summed E-state index contributed by atoms with van der Waals surface area (Å²) in [5.41, 5.74) is 0. The normalized spacial score (nSPS) is 17.8. The van der Waals surface area contributed by atoms with Gasteiger partial charge in [-0.25, -0.2) is 8.42 Å². The Balaban J connectivity index is 4.46. The van der Waals surface area contributed by atoms with E-state index in [1.165, 1.54) is 0 Å². The summed E-state index contributed by atoms with van der Waals surface area (Å²) >= 11 is 0. The molecule has 0 rings (SSSR count). The molecule has 0 aromatic rings. The van der Waals surface area contributed by atoms with Crippen molar-refractivity contribution in [1.82, 2.24) is 0 Å². The van der Waals surface area contributed by atoms with E-state index in [1.807, 2.05) is 13.8 Å². The van der Waals surface area contributed by atoms with Gasteiger partial charge in [-0.1, -0.05) is 13.8 Å². The van der Waals surface area contributed by atoms with E-state index in [1.54, 1.807) is 6.92 Å². The lowest BCUT2D eigenvalue weighted by Gasteiger charge is -2.15. The van der Waals surface area contributed by atoms with Crippen molar-refractivity contribution in [2.75, 3.05) is 0 Å². The van der Waals surface area contributed by atoms with Crippen LogP contribution in [0.2, 0.25) is 0 Å². The quantitative estimate of drug-likeness (QED) is 0.656. The summed E-state index contributed by atoms with van der Waals surface area (Å²) in [5, 5.41) is -0.678. The van der Waals surface area contributed by atoms with Crippen LogP contribution in [0.15, 0.2) is 0 Å². The fourth-order valence-corrected chi connectivity index (χ4v) is 2.38. The Morgan fingerprint density at radius 2 is 1.73 bits per heavy atom. The van der Waals surface area contributed by atoms with E-state index in [2.05, 4.69) is 6.92 Å². The van der Waals surface area contributed by atoms with E-state index >= 15 is 0 Å². The first-order chi connectivity index (χ1) is 4.96. The average Bonchev–Trinajstić information content (AvgIpc) is 2.01. The Bertz CT molecular complexity index is 178. The molecule has 2 unspecified atom stereocenters. The molecule has 0 saturated carbocycles. The molecule has 67 valence electrons. The zero-order valence-corrected chi connectivity index (χ0v) is 8.32. The first-order valence-corrected chi connectivity index (χ1v) is 5.63. The standard InChI is InChI=1S/C8H17O2S/c1-5-7(3)11(9,10)8(4)6-2/h7-8H,3,5-6H2,1-2,4H3. The van der Waals surface area contributed by atoms with Crippen molar-refractivity contribution in [2.45, 2.75) is 44.1 Å². The van der Waals surface area contributed by atoms with Crippen LogP contribution in [-0.2, 0) is 9.84 Å². The average molecular weight is 177 g/mol. The molecule has 2 nitrogen and oxygen atoms in total. The van der Waals surface area contributed by atoms with Crippen LogP contribution in [0.25, 0.3) is 0 Å². The predicted octanol–water partition coefficient (Wildman–Crippen LogP) is 1.81. The van der Waals surface area contributed by atoms with Gasteiger partial charge in [0.25, 0.3) is 0 Å². The van der Waals surface area contributed by atoms with Gasteiger partial charge in [-0.15, -0.1) is 0 Å². The van der Waals surface area contributed by atoms with Gasteiger partial charge in [0, 0.05) is 0 Å². The molecule has 11 heavy (non-hydrogen) atoms. The Morgan fingerprint density at radius 1 is 1.27 bits per heavy atom. The van der Waals surface area contributed by atoms with Crippen molar-refractivity contribution < 1.29 is 8.42 Å². The first kappa shape index (κ1) is 11.0. The Labute approximate surface area is 69.9 Å². The smallest absolute Gasteiger partial charge is 0.155 e. The molecule has 0 spiro atoms. The number of rotatable bonds is 4. The maximum Gasteiger partial charge on any atom is 0.155 e. The van der Waals surface area contributed by atoms with Gasteiger partial charge in [0.05, 0.1) is 10.5 Å². The molecule has 0 aromatic heterocycles. The van der Waals surface area contributed by atoms with Crippen molar-refractivity contribution >= 4 is 9.84 Å². The van der Waals surface area contributed by atoms with Gasteiger partial charge in [0.1, 0.15) is 0 Å². The van der Waals surface area contributed by atoms with Crippen LogP contribution in [0.5, 0.6) is 0 Å². The van der Waals surface area contributed by atoms with Gasteiger partial charge >= 0.3 is 0 Å². The molecular formula is C8H17O2S. The van der Waals surface area contributed by atoms with Gasteiger partial charge in [-0.3, -0.25) is 0 Å². The van der Waals surface area contributed by atoms with Crippen LogP contribution in [0.1, 0.15) is 33.6 Å². The zero-order valence-electron chi connectivity index (χ0n) is 7.50. The minimum absolute atomic E-state index is 0.245. The Hall–Kier alpha value is -0.0500. The van der Waals surface area contributed by atoms with Crippen LogP contribution in [0, 0.1) is 6.92 Å². The molecule has 0 fully saturated rings. The van der Waals surface area contributed by atoms with E-state index in [0.29, 0.717) is 12.8 Å². The second-order valence-corrected chi connectivity index (χ2v) is 5.49. The van der Waals surface area contributed by atoms with Crippen LogP contribution in [0.4, 0.5) is 0 Å². The summed E-state index contributed by atoms with van der Waals surface area (Å²) in [4.78, 5) is 0.